The van der Waals surface area contributed by atoms with Gasteiger partial charge in [0.25, 0.3) is 0 Å². The fourth-order valence-electron chi connectivity index (χ4n) is 1.67. The van der Waals surface area contributed by atoms with E-state index in [1.54, 1.807) is 6.20 Å². The molecule has 0 spiro atoms. The first-order valence-corrected chi connectivity index (χ1v) is 5.87. The summed E-state index contributed by atoms with van der Waals surface area (Å²) in [5.41, 5.74) is 0. The molecule has 3 nitrogen and oxygen atoms in total. The van der Waals surface area contributed by atoms with E-state index in [0.29, 0.717) is 0 Å². The molecule has 2 radical (unpaired) electrons. The van der Waals surface area contributed by atoms with Gasteiger partial charge in [0.15, 0.2) is 6.26 Å². The summed E-state index contributed by atoms with van der Waals surface area (Å²) in [6.07, 6.45) is 17.8. The maximum Gasteiger partial charge on any atom is 0.154 e. The van der Waals surface area contributed by atoms with Gasteiger partial charge in [-0.2, -0.15) is 0 Å². The second-order valence-electron chi connectivity index (χ2n) is 3.78. The van der Waals surface area contributed by atoms with Crippen molar-refractivity contribution in [1.82, 2.24) is 5.16 Å². The molecule has 2 rings (SSSR count). The Labute approximate surface area is 114 Å². The van der Waals surface area contributed by atoms with E-state index in [-0.39, 0.29) is 23.9 Å². The number of hydrogen-bond donors (Lipinski definition) is 1. The van der Waals surface area contributed by atoms with E-state index in [0.717, 1.165) is 0 Å². The van der Waals surface area contributed by atoms with Crippen LogP contribution in [0.2, 0.25) is 0 Å². The third-order valence-electron chi connectivity index (χ3n) is 2.48. The van der Waals surface area contributed by atoms with Gasteiger partial charge in [0.1, 0.15) is 12.5 Å². The fraction of sp³-hybridized carbons (Fsp3) is 0.667. The Balaban J connectivity index is 0.000000267. The molecule has 1 aliphatic rings. The Morgan fingerprint density at radius 3 is 1.69 bits per heavy atom. The molecule has 1 fully saturated rings. The van der Waals surface area contributed by atoms with Crippen LogP contribution in [0.15, 0.2) is 33.9 Å². The van der Waals surface area contributed by atoms with Gasteiger partial charge < -0.3 is 8.94 Å². The van der Waals surface area contributed by atoms with Gasteiger partial charge in [-0.15, -0.1) is 0 Å². The smallest absolute Gasteiger partial charge is 0.154 e. The summed E-state index contributed by atoms with van der Waals surface area (Å²) in [6, 6.07) is 0. The Kier molecular flexibility index (Phi) is 12.5. The van der Waals surface area contributed by atoms with Crippen molar-refractivity contribution in [1.29, 1.82) is 0 Å². The molecule has 1 saturated carbocycles. The van der Waals surface area contributed by atoms with Crippen molar-refractivity contribution in [3.8, 4) is 0 Å². The Hall–Kier alpha value is -0.321. The van der Waals surface area contributed by atoms with Crippen molar-refractivity contribution in [2.24, 2.45) is 0 Å². The van der Waals surface area contributed by atoms with E-state index in [1.807, 2.05) is 0 Å². The van der Waals surface area contributed by atoms with E-state index >= 15 is 0 Å². The van der Waals surface area contributed by atoms with Crippen LogP contribution in [0, 0.1) is 0 Å². The average molecular weight is 332 g/mol. The Morgan fingerprint density at radius 1 is 0.688 bits per heavy atom. The minimum absolute atomic E-state index is 0. The summed E-state index contributed by atoms with van der Waals surface area (Å²) in [7, 11) is 0. The normalized spacial score (nSPS) is 15.5. The molecule has 0 atom stereocenters. The predicted molar refractivity (Wildman–Crippen MR) is 68.4 cm³/mol. The van der Waals surface area contributed by atoms with Crippen molar-refractivity contribution in [2.45, 2.75) is 51.4 Å². The summed E-state index contributed by atoms with van der Waals surface area (Å²) in [4.78, 5) is 0. The van der Waals surface area contributed by atoms with Gasteiger partial charge in [-0.1, -0.05) is 51.4 Å². The SMILES string of the molecule is C1CCCCCCC1.[SnH2].c1cocco[nH]1. The molecule has 1 N–H and O–H groups in total. The zero-order chi connectivity index (χ0) is 10.6. The maximum atomic E-state index is 4.65. The number of rotatable bonds is 0. The first kappa shape index (κ1) is 15.7. The largest absolute Gasteiger partial charge is 0.468 e. The molecule has 0 aromatic carbocycles. The number of hydrogen-bond acceptors (Lipinski definition) is 2. The summed E-state index contributed by atoms with van der Waals surface area (Å²) in [5, 5.41) is 2.45. The summed E-state index contributed by atoms with van der Waals surface area (Å²) in [6.45, 7) is 0. The van der Waals surface area contributed by atoms with Crippen molar-refractivity contribution < 1.29 is 8.94 Å². The standard InChI is InChI=1S/C8H16.C4H5NO2.Sn.2H/c1-2-4-6-8-7-5-3-1;1-2-6-3-4-7-5-1;;;/h1-8H2;1-5H;;;. The molecule has 4 heteroatoms. The van der Waals surface area contributed by atoms with Gasteiger partial charge in [-0.3, -0.25) is 0 Å². The van der Waals surface area contributed by atoms with Gasteiger partial charge in [-0.25, -0.2) is 5.16 Å². The topological polar surface area (TPSA) is 42.1 Å². The molecule has 1 aliphatic carbocycles. The van der Waals surface area contributed by atoms with E-state index in [4.69, 9.17) is 0 Å². The third-order valence-corrected chi connectivity index (χ3v) is 2.48. The van der Waals surface area contributed by atoms with Crippen LogP contribution in [0.3, 0.4) is 0 Å². The molecule has 92 valence electrons. The first-order chi connectivity index (χ1) is 7.50. The Morgan fingerprint density at radius 2 is 1.19 bits per heavy atom. The van der Waals surface area contributed by atoms with Crippen molar-refractivity contribution in [3.63, 3.8) is 0 Å². The van der Waals surface area contributed by atoms with E-state index in [9.17, 15) is 0 Å². The molecule has 0 bridgehead atoms. The zero-order valence-electron chi connectivity index (χ0n) is 9.99. The van der Waals surface area contributed by atoms with Crippen LogP contribution in [-0.2, 0) is 0 Å². The van der Waals surface area contributed by atoms with Crippen molar-refractivity contribution in [3.05, 3.63) is 25.0 Å². The summed E-state index contributed by atoms with van der Waals surface area (Å²) >= 11 is 0. The van der Waals surface area contributed by atoms with Gasteiger partial charge in [-0.05, 0) is 0 Å². The van der Waals surface area contributed by atoms with Gasteiger partial charge in [0, 0.05) is 0 Å². The average Bonchev–Trinajstić information content (AvgIpc) is 2.48. The van der Waals surface area contributed by atoms with Crippen LogP contribution in [0.4, 0.5) is 0 Å². The van der Waals surface area contributed by atoms with E-state index in [1.165, 1.54) is 70.2 Å². The van der Waals surface area contributed by atoms with Crippen LogP contribution < -0.4 is 0 Å². The second kappa shape index (κ2) is 12.7. The molecule has 0 aliphatic heterocycles. The molecule has 0 amide bonds. The molecule has 0 saturated heterocycles. The molecular formula is C12H23NO2Sn. The zero-order valence-corrected chi connectivity index (χ0v) is 14.0. The van der Waals surface area contributed by atoms with Gasteiger partial charge in [0.2, 0.25) is 0 Å². The van der Waals surface area contributed by atoms with E-state index in [2.05, 4.69) is 14.1 Å². The number of H-pyrrole nitrogens is 1. The monoisotopic (exact) mass is 333 g/mol. The minimum atomic E-state index is 0. The van der Waals surface area contributed by atoms with Crippen LogP contribution >= 0.6 is 0 Å². The second-order valence-corrected chi connectivity index (χ2v) is 3.78. The van der Waals surface area contributed by atoms with Crippen LogP contribution in [0.25, 0.3) is 0 Å². The third kappa shape index (κ3) is 10.2. The Bertz CT molecular complexity index is 178. The number of aromatic amines is 1. The fourth-order valence-corrected chi connectivity index (χ4v) is 1.67. The van der Waals surface area contributed by atoms with Crippen molar-refractivity contribution >= 4 is 23.9 Å². The molecule has 1 aromatic rings. The minimum Gasteiger partial charge on any atom is -0.468 e. The number of aromatic nitrogens is 1. The molecule has 1 aromatic heterocycles. The summed E-state index contributed by atoms with van der Waals surface area (Å²) in [5.74, 6) is 0. The molecule has 0 unspecified atom stereocenters. The maximum absolute atomic E-state index is 4.65. The van der Waals surface area contributed by atoms with Crippen LogP contribution in [0.1, 0.15) is 51.4 Å². The van der Waals surface area contributed by atoms with Crippen LogP contribution in [0.5, 0.6) is 0 Å². The molecule has 16 heavy (non-hydrogen) atoms. The van der Waals surface area contributed by atoms with Gasteiger partial charge >= 0.3 is 23.9 Å². The van der Waals surface area contributed by atoms with E-state index < -0.39 is 0 Å². The summed E-state index contributed by atoms with van der Waals surface area (Å²) < 4.78 is 9.20. The van der Waals surface area contributed by atoms with Crippen LogP contribution in [-0.4, -0.2) is 29.1 Å². The first-order valence-electron chi connectivity index (χ1n) is 5.87. The van der Waals surface area contributed by atoms with Gasteiger partial charge in [0.05, 0.1) is 6.20 Å². The molecule has 1 heterocycles. The molecular weight excluding hydrogens is 309 g/mol. The predicted octanol–water partition coefficient (Wildman–Crippen LogP) is 3.53. The van der Waals surface area contributed by atoms with Crippen molar-refractivity contribution in [2.75, 3.05) is 0 Å². The number of nitrogens with one attached hydrogen (secondary N) is 1. The quantitative estimate of drug-likeness (QED) is 0.739.